The molecule has 0 bridgehead atoms. The number of fused-ring (bicyclic) bond motifs is 1. The van der Waals surface area contributed by atoms with Crippen molar-refractivity contribution in [1.29, 1.82) is 0 Å². The smallest absolute Gasteiger partial charge is 0.150 e. The second-order valence-corrected chi connectivity index (χ2v) is 10.0. The molecule has 1 aliphatic heterocycles. The molecule has 2 fully saturated rings. The van der Waals surface area contributed by atoms with Crippen LogP contribution in [-0.4, -0.2) is 66.8 Å². The maximum Gasteiger partial charge on any atom is 0.150 e. The van der Waals surface area contributed by atoms with E-state index in [4.69, 9.17) is 4.98 Å². The molecule has 0 aromatic carbocycles. The lowest BCUT2D eigenvalue weighted by molar-refractivity contribution is 0.0620. The summed E-state index contributed by atoms with van der Waals surface area (Å²) in [6.07, 6.45) is 13.2. The molecular weight excluding hydrogens is 404 g/mol. The molecule has 7 heteroatoms. The average Bonchev–Trinajstić information content (AvgIpc) is 3.36. The zero-order valence-corrected chi connectivity index (χ0v) is 19.8. The normalized spacial score (nSPS) is 23.8. The van der Waals surface area contributed by atoms with E-state index in [0.717, 1.165) is 22.8 Å². The van der Waals surface area contributed by atoms with Gasteiger partial charge in [0.05, 0.1) is 6.20 Å². The van der Waals surface area contributed by atoms with Crippen molar-refractivity contribution in [2.24, 2.45) is 7.05 Å². The number of hydrogen-bond acceptors (Lipinski definition) is 5. The first-order valence-electron chi connectivity index (χ1n) is 11.7. The van der Waals surface area contributed by atoms with Crippen LogP contribution in [0.5, 0.6) is 0 Å². The minimum atomic E-state index is 0.607. The van der Waals surface area contributed by atoms with Crippen LogP contribution in [0.1, 0.15) is 51.0 Å². The third-order valence-electron chi connectivity index (χ3n) is 7.43. The molecular formula is C24H34N6S. The topological polar surface area (TPSA) is 42.1 Å². The molecule has 1 saturated heterocycles. The van der Waals surface area contributed by atoms with Crippen LogP contribution in [0.25, 0.3) is 22.2 Å². The molecule has 5 rings (SSSR count). The lowest BCUT2D eigenvalue weighted by atomic mass is 9.81. The number of pyridine rings is 1. The van der Waals surface area contributed by atoms with Crippen molar-refractivity contribution in [2.75, 3.05) is 26.2 Å². The van der Waals surface area contributed by atoms with E-state index in [0.29, 0.717) is 12.0 Å². The van der Waals surface area contributed by atoms with Crippen LogP contribution in [0.2, 0.25) is 0 Å². The van der Waals surface area contributed by atoms with E-state index in [9.17, 15) is 0 Å². The Bertz CT molecular complexity index is 1040. The molecule has 3 aromatic heterocycles. The first-order chi connectivity index (χ1) is 15.0. The Morgan fingerprint density at radius 2 is 1.74 bits per heavy atom. The van der Waals surface area contributed by atoms with Gasteiger partial charge in [-0.25, -0.2) is 4.98 Å². The van der Waals surface area contributed by atoms with Gasteiger partial charge in [-0.15, -0.1) is 0 Å². The molecule has 4 heterocycles. The standard InChI is InChI=1S/C24H34N6S/c1-17(2)28-8-10-29(11-9-28)21-6-4-18(5-7-21)19-12-22-23(20-14-26-27(3)15-20)16-30(31)24(22)25-13-19/h12-18,21,31H,4-11H2,1-3H3. The van der Waals surface area contributed by atoms with E-state index in [-0.39, 0.29) is 0 Å². The summed E-state index contributed by atoms with van der Waals surface area (Å²) in [6, 6.07) is 3.78. The summed E-state index contributed by atoms with van der Waals surface area (Å²) in [5.41, 5.74) is 4.57. The van der Waals surface area contributed by atoms with Crippen LogP contribution in [0, 0.1) is 0 Å². The Morgan fingerprint density at radius 1 is 1.00 bits per heavy atom. The molecule has 3 aromatic rings. The summed E-state index contributed by atoms with van der Waals surface area (Å²) in [5.74, 6) is 0.607. The Morgan fingerprint density at radius 3 is 2.39 bits per heavy atom. The molecule has 2 aliphatic rings. The van der Waals surface area contributed by atoms with E-state index < -0.39 is 0 Å². The highest BCUT2D eigenvalue weighted by Crippen LogP contribution is 2.38. The number of nitrogens with zero attached hydrogens (tertiary/aromatic N) is 6. The molecule has 0 amide bonds. The fourth-order valence-corrected chi connectivity index (χ4v) is 5.79. The van der Waals surface area contributed by atoms with Gasteiger partial charge in [-0.3, -0.25) is 18.5 Å². The molecule has 1 aliphatic carbocycles. The maximum absolute atomic E-state index is 4.79. The van der Waals surface area contributed by atoms with E-state index in [2.05, 4.69) is 66.2 Å². The summed E-state index contributed by atoms with van der Waals surface area (Å²) >= 11 is 4.60. The SMILES string of the molecule is CC(C)N1CCN(C2CCC(c3cnc4c(c3)c(-c3cnn(C)c3)cn4S)CC2)CC1. The minimum absolute atomic E-state index is 0.607. The van der Waals surface area contributed by atoms with E-state index in [1.165, 1.54) is 62.8 Å². The van der Waals surface area contributed by atoms with Crippen molar-refractivity contribution in [3.63, 3.8) is 0 Å². The third kappa shape index (κ3) is 4.15. The molecule has 0 spiro atoms. The predicted octanol–water partition coefficient (Wildman–Crippen LogP) is 4.18. The quantitative estimate of drug-likeness (QED) is 0.621. The lowest BCUT2D eigenvalue weighted by Crippen LogP contribution is -2.52. The summed E-state index contributed by atoms with van der Waals surface area (Å²) in [6.45, 7) is 9.52. The second kappa shape index (κ2) is 8.60. The predicted molar refractivity (Wildman–Crippen MR) is 130 cm³/mol. The Balaban J connectivity index is 1.29. The minimum Gasteiger partial charge on any atom is -0.298 e. The van der Waals surface area contributed by atoms with Gasteiger partial charge in [0.15, 0.2) is 0 Å². The van der Waals surface area contributed by atoms with Crippen LogP contribution < -0.4 is 0 Å². The summed E-state index contributed by atoms with van der Waals surface area (Å²) in [7, 11) is 1.95. The lowest BCUT2D eigenvalue weighted by Gasteiger charge is -2.43. The van der Waals surface area contributed by atoms with Gasteiger partial charge in [-0.2, -0.15) is 5.10 Å². The molecule has 0 radical (unpaired) electrons. The Labute approximate surface area is 190 Å². The van der Waals surface area contributed by atoms with E-state index in [1.54, 1.807) is 0 Å². The largest absolute Gasteiger partial charge is 0.298 e. The van der Waals surface area contributed by atoms with Crippen molar-refractivity contribution in [3.8, 4) is 11.1 Å². The zero-order chi connectivity index (χ0) is 21.5. The summed E-state index contributed by atoms with van der Waals surface area (Å²) < 4.78 is 3.67. The molecule has 0 N–H and O–H groups in total. The van der Waals surface area contributed by atoms with E-state index in [1.807, 2.05) is 21.9 Å². The fourth-order valence-electron chi connectivity index (χ4n) is 5.51. The van der Waals surface area contributed by atoms with Crippen molar-refractivity contribution < 1.29 is 0 Å². The van der Waals surface area contributed by atoms with Gasteiger partial charge < -0.3 is 0 Å². The number of aryl methyl sites for hydroxylation is 1. The highest BCUT2D eigenvalue weighted by atomic mass is 32.1. The maximum atomic E-state index is 4.79. The highest BCUT2D eigenvalue weighted by molar-refractivity contribution is 7.78. The summed E-state index contributed by atoms with van der Waals surface area (Å²) in [5, 5.41) is 5.52. The van der Waals surface area contributed by atoms with Gasteiger partial charge in [0, 0.05) is 80.4 Å². The number of hydrogen-bond donors (Lipinski definition) is 1. The summed E-state index contributed by atoms with van der Waals surface area (Å²) in [4.78, 5) is 10.1. The van der Waals surface area contributed by atoms with Crippen LogP contribution in [-0.2, 0) is 7.05 Å². The van der Waals surface area contributed by atoms with Crippen LogP contribution >= 0.6 is 12.8 Å². The van der Waals surface area contributed by atoms with Crippen LogP contribution in [0.15, 0.2) is 30.9 Å². The van der Waals surface area contributed by atoms with Crippen molar-refractivity contribution in [3.05, 3.63) is 36.4 Å². The van der Waals surface area contributed by atoms with Gasteiger partial charge in [0.2, 0.25) is 0 Å². The van der Waals surface area contributed by atoms with Crippen molar-refractivity contribution in [2.45, 2.75) is 57.5 Å². The van der Waals surface area contributed by atoms with Gasteiger partial charge in [-0.05, 0) is 57.1 Å². The van der Waals surface area contributed by atoms with Crippen molar-refractivity contribution in [1.82, 2.24) is 28.5 Å². The van der Waals surface area contributed by atoms with E-state index >= 15 is 0 Å². The first-order valence-corrected chi connectivity index (χ1v) is 12.1. The highest BCUT2D eigenvalue weighted by Gasteiger charge is 2.29. The van der Waals surface area contributed by atoms with Crippen LogP contribution in [0.4, 0.5) is 0 Å². The van der Waals surface area contributed by atoms with Gasteiger partial charge in [-0.1, -0.05) is 12.8 Å². The number of aromatic nitrogens is 4. The zero-order valence-electron chi connectivity index (χ0n) is 18.9. The third-order valence-corrected chi connectivity index (χ3v) is 7.73. The van der Waals surface area contributed by atoms with Gasteiger partial charge in [0.25, 0.3) is 0 Å². The fraction of sp³-hybridized carbons (Fsp3) is 0.583. The second-order valence-electron chi connectivity index (χ2n) is 9.60. The van der Waals surface area contributed by atoms with Gasteiger partial charge >= 0.3 is 0 Å². The van der Waals surface area contributed by atoms with Crippen molar-refractivity contribution >= 4 is 23.8 Å². The number of thiol groups is 1. The monoisotopic (exact) mass is 438 g/mol. The molecule has 0 unspecified atom stereocenters. The van der Waals surface area contributed by atoms with Gasteiger partial charge in [0.1, 0.15) is 5.65 Å². The Hall–Kier alpha value is -1.83. The number of rotatable bonds is 4. The molecule has 0 atom stereocenters. The molecule has 166 valence electrons. The van der Waals surface area contributed by atoms with Crippen LogP contribution in [0.3, 0.4) is 0 Å². The molecule has 1 saturated carbocycles. The average molecular weight is 439 g/mol. The molecule has 31 heavy (non-hydrogen) atoms. The Kier molecular flexibility index (Phi) is 5.84. The number of piperazine rings is 1. The molecule has 6 nitrogen and oxygen atoms in total. The first kappa shape index (κ1) is 21.0.